The predicted molar refractivity (Wildman–Crippen MR) is 60.9 cm³/mol. The lowest BCUT2D eigenvalue weighted by Gasteiger charge is -2.10. The fourth-order valence-corrected chi connectivity index (χ4v) is 2.72. The standard InChI is InChI=1S/C9H7Br2F2NO2/c10-2-5-7(11)4(1-6(15)16)3-14-8(5)9(12)13/h3,9H,1-2H2,(H,15,16). The monoisotopic (exact) mass is 357 g/mol. The Hall–Kier alpha value is -0.560. The van der Waals surface area contributed by atoms with Crippen LogP contribution in [0.25, 0.3) is 0 Å². The van der Waals surface area contributed by atoms with Crippen LogP contribution in [0.3, 0.4) is 0 Å². The maximum Gasteiger partial charge on any atom is 0.307 e. The zero-order valence-corrected chi connectivity index (χ0v) is 11.1. The van der Waals surface area contributed by atoms with Gasteiger partial charge in [0.05, 0.1) is 6.42 Å². The number of pyridine rings is 1. The molecule has 1 aromatic heterocycles. The van der Waals surface area contributed by atoms with E-state index in [-0.39, 0.29) is 23.0 Å². The number of hydrogen-bond acceptors (Lipinski definition) is 2. The minimum absolute atomic E-state index is 0.188. The van der Waals surface area contributed by atoms with E-state index in [9.17, 15) is 13.6 Å². The fourth-order valence-electron chi connectivity index (χ4n) is 1.19. The summed E-state index contributed by atoms with van der Waals surface area (Å²) in [7, 11) is 0. The van der Waals surface area contributed by atoms with E-state index in [1.807, 2.05) is 0 Å². The van der Waals surface area contributed by atoms with Crippen molar-refractivity contribution in [3.63, 3.8) is 0 Å². The number of nitrogens with zero attached hydrogens (tertiary/aromatic N) is 1. The molecular formula is C9H7Br2F2NO2. The zero-order valence-electron chi connectivity index (χ0n) is 7.88. The maximum absolute atomic E-state index is 12.6. The average Bonchev–Trinajstić information content (AvgIpc) is 2.19. The highest BCUT2D eigenvalue weighted by Crippen LogP contribution is 2.31. The Morgan fingerprint density at radius 3 is 2.62 bits per heavy atom. The Labute approximate surface area is 107 Å². The molecule has 3 nitrogen and oxygen atoms in total. The lowest BCUT2D eigenvalue weighted by molar-refractivity contribution is -0.136. The summed E-state index contributed by atoms with van der Waals surface area (Å²) in [6.07, 6.45) is -1.77. The summed E-state index contributed by atoms with van der Waals surface area (Å²) in [6.45, 7) is 0. The van der Waals surface area contributed by atoms with E-state index in [1.54, 1.807) is 0 Å². The van der Waals surface area contributed by atoms with Crippen LogP contribution < -0.4 is 0 Å². The van der Waals surface area contributed by atoms with Crippen molar-refractivity contribution in [3.05, 3.63) is 27.5 Å². The number of carbonyl (C=O) groups is 1. The molecule has 88 valence electrons. The van der Waals surface area contributed by atoms with Gasteiger partial charge in [0.2, 0.25) is 0 Å². The molecule has 0 radical (unpaired) electrons. The third-order valence-electron chi connectivity index (χ3n) is 1.90. The van der Waals surface area contributed by atoms with E-state index in [0.717, 1.165) is 6.20 Å². The van der Waals surface area contributed by atoms with Crippen LogP contribution >= 0.6 is 31.9 Å². The van der Waals surface area contributed by atoms with Crippen LogP contribution in [0.2, 0.25) is 0 Å². The third kappa shape index (κ3) is 2.98. The van der Waals surface area contributed by atoms with Gasteiger partial charge in [0, 0.05) is 21.6 Å². The summed E-state index contributed by atoms with van der Waals surface area (Å²) in [6, 6.07) is 0. The van der Waals surface area contributed by atoms with Crippen LogP contribution in [0.5, 0.6) is 0 Å². The molecule has 16 heavy (non-hydrogen) atoms. The summed E-state index contributed by atoms with van der Waals surface area (Å²) in [5.74, 6) is -1.03. The van der Waals surface area contributed by atoms with Gasteiger partial charge in [-0.25, -0.2) is 8.78 Å². The molecule has 1 N–H and O–H groups in total. The number of hydrogen-bond donors (Lipinski definition) is 1. The maximum atomic E-state index is 12.6. The molecule has 1 heterocycles. The molecule has 0 spiro atoms. The van der Waals surface area contributed by atoms with Gasteiger partial charge < -0.3 is 5.11 Å². The molecule has 0 aromatic carbocycles. The zero-order chi connectivity index (χ0) is 12.3. The highest BCUT2D eigenvalue weighted by atomic mass is 79.9. The molecule has 0 bridgehead atoms. The second kappa shape index (κ2) is 5.67. The smallest absolute Gasteiger partial charge is 0.307 e. The van der Waals surface area contributed by atoms with Crippen LogP contribution in [0.4, 0.5) is 8.78 Å². The summed E-state index contributed by atoms with van der Waals surface area (Å²) in [4.78, 5) is 14.1. The lowest BCUT2D eigenvalue weighted by Crippen LogP contribution is -2.06. The first kappa shape index (κ1) is 13.5. The third-order valence-corrected chi connectivity index (χ3v) is 3.45. The molecular weight excluding hydrogens is 352 g/mol. The molecule has 0 saturated heterocycles. The summed E-state index contributed by atoms with van der Waals surface area (Å²) in [5, 5.41) is 8.81. The van der Waals surface area contributed by atoms with E-state index < -0.39 is 12.4 Å². The van der Waals surface area contributed by atoms with E-state index in [0.29, 0.717) is 10.0 Å². The molecule has 0 aliphatic rings. The van der Waals surface area contributed by atoms with Gasteiger partial charge in [0.1, 0.15) is 5.69 Å². The summed E-state index contributed by atoms with van der Waals surface area (Å²) >= 11 is 6.20. The predicted octanol–water partition coefficient (Wildman–Crippen LogP) is 3.30. The topological polar surface area (TPSA) is 50.2 Å². The summed E-state index contributed by atoms with van der Waals surface area (Å²) in [5.41, 5.74) is 0.331. The Balaban J connectivity index is 3.23. The largest absolute Gasteiger partial charge is 0.481 e. The Bertz CT molecular complexity index is 413. The quantitative estimate of drug-likeness (QED) is 0.840. The highest BCUT2D eigenvalue weighted by molar-refractivity contribution is 9.10. The Morgan fingerprint density at radius 2 is 2.19 bits per heavy atom. The molecule has 0 atom stereocenters. The second-order valence-corrected chi connectivity index (χ2v) is 4.32. The fraction of sp³-hybridized carbons (Fsp3) is 0.333. The number of halogens is 4. The van der Waals surface area contributed by atoms with Gasteiger partial charge in [-0.15, -0.1) is 0 Å². The lowest BCUT2D eigenvalue weighted by atomic mass is 10.1. The van der Waals surface area contributed by atoms with Crippen LogP contribution in [0, 0.1) is 0 Å². The van der Waals surface area contributed by atoms with Crippen LogP contribution in [-0.2, 0) is 16.5 Å². The molecule has 0 aliphatic carbocycles. The van der Waals surface area contributed by atoms with Gasteiger partial charge in [-0.2, -0.15) is 0 Å². The minimum Gasteiger partial charge on any atom is -0.481 e. The van der Waals surface area contributed by atoms with Crippen molar-refractivity contribution in [3.8, 4) is 0 Å². The van der Waals surface area contributed by atoms with Gasteiger partial charge in [0.25, 0.3) is 6.43 Å². The van der Waals surface area contributed by atoms with E-state index in [4.69, 9.17) is 5.11 Å². The Morgan fingerprint density at radius 1 is 1.56 bits per heavy atom. The second-order valence-electron chi connectivity index (χ2n) is 2.97. The number of carboxylic acids is 1. The van der Waals surface area contributed by atoms with Crippen LogP contribution in [0.15, 0.2) is 10.7 Å². The van der Waals surface area contributed by atoms with Gasteiger partial charge in [-0.05, 0) is 5.56 Å². The van der Waals surface area contributed by atoms with Crippen molar-refractivity contribution >= 4 is 37.8 Å². The van der Waals surface area contributed by atoms with Gasteiger partial charge >= 0.3 is 5.97 Å². The van der Waals surface area contributed by atoms with Crippen molar-refractivity contribution in [2.24, 2.45) is 0 Å². The molecule has 0 aliphatic heterocycles. The van der Waals surface area contributed by atoms with Crippen molar-refractivity contribution in [1.82, 2.24) is 4.98 Å². The van der Waals surface area contributed by atoms with E-state index in [2.05, 4.69) is 36.8 Å². The van der Waals surface area contributed by atoms with Gasteiger partial charge in [-0.1, -0.05) is 31.9 Å². The van der Waals surface area contributed by atoms with Crippen molar-refractivity contribution in [1.29, 1.82) is 0 Å². The number of aliphatic carboxylic acids is 1. The number of rotatable bonds is 4. The number of aromatic nitrogens is 1. The van der Waals surface area contributed by atoms with E-state index in [1.165, 1.54) is 0 Å². The number of alkyl halides is 3. The normalized spacial score (nSPS) is 10.8. The summed E-state index contributed by atoms with van der Waals surface area (Å²) < 4.78 is 25.5. The molecule has 7 heteroatoms. The first-order valence-electron chi connectivity index (χ1n) is 4.19. The Kier molecular flexibility index (Phi) is 4.79. The van der Waals surface area contributed by atoms with Gasteiger partial charge in [-0.3, -0.25) is 9.78 Å². The van der Waals surface area contributed by atoms with Crippen LogP contribution in [0.1, 0.15) is 23.2 Å². The molecule has 0 saturated carbocycles. The molecule has 1 rings (SSSR count). The van der Waals surface area contributed by atoms with Crippen molar-refractivity contribution in [2.75, 3.05) is 0 Å². The SMILES string of the molecule is O=C(O)Cc1cnc(C(F)F)c(CBr)c1Br. The highest BCUT2D eigenvalue weighted by Gasteiger charge is 2.19. The molecule has 1 aromatic rings. The van der Waals surface area contributed by atoms with Gasteiger partial charge in [0.15, 0.2) is 0 Å². The first-order chi connectivity index (χ1) is 7.47. The number of carboxylic acid groups (broad SMARTS) is 1. The van der Waals surface area contributed by atoms with E-state index >= 15 is 0 Å². The van der Waals surface area contributed by atoms with Crippen LogP contribution in [-0.4, -0.2) is 16.1 Å². The first-order valence-corrected chi connectivity index (χ1v) is 6.10. The molecule has 0 unspecified atom stereocenters. The minimum atomic E-state index is -2.68. The van der Waals surface area contributed by atoms with Crippen molar-refractivity contribution in [2.45, 2.75) is 18.2 Å². The molecule has 0 fully saturated rings. The molecule has 0 amide bonds. The average molecular weight is 359 g/mol. The van der Waals surface area contributed by atoms with Crippen molar-refractivity contribution < 1.29 is 18.7 Å².